The highest BCUT2D eigenvalue weighted by molar-refractivity contribution is 6.36. The van der Waals surface area contributed by atoms with Gasteiger partial charge in [-0.05, 0) is 60.5 Å². The van der Waals surface area contributed by atoms with Gasteiger partial charge < -0.3 is 10.1 Å². The summed E-state index contributed by atoms with van der Waals surface area (Å²) in [6.45, 7) is 2.60. The summed E-state index contributed by atoms with van der Waals surface area (Å²) >= 11 is 24.8. The highest BCUT2D eigenvalue weighted by atomic mass is 35.5. The molecule has 1 aromatic heterocycles. The SMILES string of the molecule is Cc1cc(OCc2ccc(C(=O)Nc3nn(Cc4c(Cl)cccc4Cl)cc3Cl)cc2)ccc1Cl. The van der Waals surface area contributed by atoms with E-state index >= 15 is 0 Å². The van der Waals surface area contributed by atoms with Crippen molar-refractivity contribution in [2.75, 3.05) is 5.32 Å². The van der Waals surface area contributed by atoms with Crippen molar-refractivity contribution < 1.29 is 9.53 Å². The van der Waals surface area contributed by atoms with Crippen molar-refractivity contribution in [1.82, 2.24) is 9.78 Å². The lowest BCUT2D eigenvalue weighted by Crippen LogP contribution is -2.13. The van der Waals surface area contributed by atoms with Crippen LogP contribution in [0.5, 0.6) is 5.75 Å². The minimum atomic E-state index is -0.330. The molecule has 174 valence electrons. The first-order valence-electron chi connectivity index (χ1n) is 10.3. The lowest BCUT2D eigenvalue weighted by atomic mass is 10.1. The molecule has 5 nitrogen and oxygen atoms in total. The number of carbonyl (C=O) groups is 1. The topological polar surface area (TPSA) is 56.1 Å². The molecule has 0 saturated heterocycles. The van der Waals surface area contributed by atoms with Crippen molar-refractivity contribution in [2.24, 2.45) is 0 Å². The number of aromatic nitrogens is 2. The van der Waals surface area contributed by atoms with E-state index in [2.05, 4.69) is 10.4 Å². The fourth-order valence-electron chi connectivity index (χ4n) is 3.21. The van der Waals surface area contributed by atoms with Gasteiger partial charge in [0.15, 0.2) is 5.82 Å². The van der Waals surface area contributed by atoms with Crippen molar-refractivity contribution in [3.63, 3.8) is 0 Å². The molecule has 0 bridgehead atoms. The Hall–Kier alpha value is -2.70. The van der Waals surface area contributed by atoms with E-state index < -0.39 is 0 Å². The van der Waals surface area contributed by atoms with Gasteiger partial charge in [0.05, 0.1) is 6.54 Å². The van der Waals surface area contributed by atoms with Crippen LogP contribution in [0.15, 0.2) is 66.9 Å². The highest BCUT2D eigenvalue weighted by Gasteiger charge is 2.14. The molecule has 0 radical (unpaired) electrons. The molecule has 0 spiro atoms. The molecule has 0 aliphatic rings. The van der Waals surface area contributed by atoms with Gasteiger partial charge in [-0.25, -0.2) is 0 Å². The molecular weight excluding hydrogens is 516 g/mol. The summed E-state index contributed by atoms with van der Waals surface area (Å²) in [5.74, 6) is 0.649. The van der Waals surface area contributed by atoms with Crippen LogP contribution in [0.4, 0.5) is 5.82 Å². The van der Waals surface area contributed by atoms with Crippen molar-refractivity contribution in [2.45, 2.75) is 20.1 Å². The smallest absolute Gasteiger partial charge is 0.256 e. The minimum Gasteiger partial charge on any atom is -0.489 e. The number of hydrogen-bond donors (Lipinski definition) is 1. The Balaban J connectivity index is 1.38. The quantitative estimate of drug-likeness (QED) is 0.264. The number of halogens is 4. The Morgan fingerprint density at radius 3 is 2.32 bits per heavy atom. The number of benzene rings is 3. The second-order valence-corrected chi connectivity index (χ2v) is 9.20. The fourth-order valence-corrected chi connectivity index (χ4v) is 4.05. The van der Waals surface area contributed by atoms with Crippen LogP contribution in [0, 0.1) is 6.92 Å². The summed E-state index contributed by atoms with van der Waals surface area (Å²) in [6, 6.07) is 17.9. The Bertz CT molecular complexity index is 1320. The minimum absolute atomic E-state index is 0.250. The zero-order valence-electron chi connectivity index (χ0n) is 18.0. The van der Waals surface area contributed by atoms with Gasteiger partial charge in [0.25, 0.3) is 5.91 Å². The second-order valence-electron chi connectivity index (χ2n) is 7.57. The van der Waals surface area contributed by atoms with E-state index in [-0.39, 0.29) is 11.7 Å². The second kappa shape index (κ2) is 10.7. The monoisotopic (exact) mass is 533 g/mol. The molecule has 0 unspecified atom stereocenters. The molecular formula is C25H19Cl4N3O2. The predicted octanol–water partition coefficient (Wildman–Crippen LogP) is 7.68. The van der Waals surface area contributed by atoms with Crippen LogP contribution < -0.4 is 10.1 Å². The van der Waals surface area contributed by atoms with E-state index in [0.29, 0.717) is 38.8 Å². The van der Waals surface area contributed by atoms with Gasteiger partial charge in [-0.3, -0.25) is 9.48 Å². The third-order valence-corrected chi connectivity index (χ3v) is 6.49. The van der Waals surface area contributed by atoms with Crippen molar-refractivity contribution in [3.05, 3.63) is 109 Å². The van der Waals surface area contributed by atoms with Crippen LogP contribution in [0.2, 0.25) is 20.1 Å². The van der Waals surface area contributed by atoms with Crippen molar-refractivity contribution in [1.29, 1.82) is 0 Å². The van der Waals surface area contributed by atoms with Gasteiger partial charge in [-0.15, -0.1) is 0 Å². The first-order chi connectivity index (χ1) is 16.3. The molecule has 3 aromatic carbocycles. The van der Waals surface area contributed by atoms with E-state index in [4.69, 9.17) is 51.1 Å². The maximum Gasteiger partial charge on any atom is 0.256 e. The summed E-state index contributed by atoms with van der Waals surface area (Å²) in [7, 11) is 0. The molecule has 0 aliphatic carbocycles. The molecule has 1 N–H and O–H groups in total. The zero-order chi connectivity index (χ0) is 24.2. The number of hydrogen-bond acceptors (Lipinski definition) is 3. The molecule has 0 atom stereocenters. The molecule has 34 heavy (non-hydrogen) atoms. The molecule has 0 aliphatic heterocycles. The number of rotatable bonds is 7. The lowest BCUT2D eigenvalue weighted by molar-refractivity contribution is 0.102. The summed E-state index contributed by atoms with van der Waals surface area (Å²) < 4.78 is 7.37. The first-order valence-corrected chi connectivity index (χ1v) is 11.8. The Morgan fingerprint density at radius 2 is 1.65 bits per heavy atom. The maximum absolute atomic E-state index is 12.7. The van der Waals surface area contributed by atoms with Crippen LogP contribution in [-0.2, 0) is 13.2 Å². The number of aryl methyl sites for hydroxylation is 1. The van der Waals surface area contributed by atoms with Crippen LogP contribution >= 0.6 is 46.4 Å². The van der Waals surface area contributed by atoms with Gasteiger partial charge in [0.2, 0.25) is 0 Å². The molecule has 0 fully saturated rings. The predicted molar refractivity (Wildman–Crippen MR) is 138 cm³/mol. The summed E-state index contributed by atoms with van der Waals surface area (Å²) in [5, 5.41) is 9.15. The van der Waals surface area contributed by atoms with Crippen LogP contribution in [0.25, 0.3) is 0 Å². The van der Waals surface area contributed by atoms with Crippen LogP contribution in [0.1, 0.15) is 27.0 Å². The Labute approximate surface area is 217 Å². The summed E-state index contributed by atoms with van der Waals surface area (Å²) in [4.78, 5) is 12.7. The number of anilines is 1. The fraction of sp³-hybridized carbons (Fsp3) is 0.120. The molecule has 9 heteroatoms. The molecule has 4 rings (SSSR count). The number of nitrogens with zero attached hydrogens (tertiary/aromatic N) is 2. The van der Waals surface area contributed by atoms with E-state index in [0.717, 1.165) is 22.4 Å². The standard InChI is InChI=1S/C25H19Cl4N3O2/c1-15-11-18(9-10-20(15)26)34-14-16-5-7-17(8-6-16)25(33)30-24-23(29)13-32(31-24)12-19-21(27)3-2-4-22(19)28/h2-11,13H,12,14H2,1H3,(H,30,31,33). The lowest BCUT2D eigenvalue weighted by Gasteiger charge is -2.09. The molecule has 4 aromatic rings. The molecule has 1 amide bonds. The van der Waals surface area contributed by atoms with Gasteiger partial charge >= 0.3 is 0 Å². The average molecular weight is 535 g/mol. The normalized spacial score (nSPS) is 10.9. The van der Waals surface area contributed by atoms with Crippen molar-refractivity contribution in [3.8, 4) is 5.75 Å². The third kappa shape index (κ3) is 5.86. The summed E-state index contributed by atoms with van der Waals surface area (Å²) in [6.07, 6.45) is 1.61. The largest absolute Gasteiger partial charge is 0.489 e. The van der Waals surface area contributed by atoms with E-state index in [1.54, 1.807) is 47.3 Å². The molecule has 1 heterocycles. The number of carbonyl (C=O) groups excluding carboxylic acids is 1. The zero-order valence-corrected chi connectivity index (χ0v) is 21.0. The van der Waals surface area contributed by atoms with Gasteiger partial charge in [0, 0.05) is 32.4 Å². The van der Waals surface area contributed by atoms with E-state index in [9.17, 15) is 4.79 Å². The van der Waals surface area contributed by atoms with Crippen LogP contribution in [0.3, 0.4) is 0 Å². The highest BCUT2D eigenvalue weighted by Crippen LogP contribution is 2.27. The van der Waals surface area contributed by atoms with Gasteiger partial charge in [-0.2, -0.15) is 5.10 Å². The maximum atomic E-state index is 12.7. The third-order valence-electron chi connectivity index (χ3n) is 5.08. The average Bonchev–Trinajstić information content (AvgIpc) is 3.16. The first kappa shape index (κ1) is 24.4. The van der Waals surface area contributed by atoms with Crippen LogP contribution in [-0.4, -0.2) is 15.7 Å². The Morgan fingerprint density at radius 1 is 0.941 bits per heavy atom. The summed E-state index contributed by atoms with van der Waals surface area (Å²) in [5.41, 5.74) is 3.05. The van der Waals surface area contributed by atoms with Crippen molar-refractivity contribution >= 4 is 58.1 Å². The van der Waals surface area contributed by atoms with E-state index in [1.165, 1.54) is 0 Å². The number of ether oxygens (including phenoxy) is 1. The van der Waals surface area contributed by atoms with E-state index in [1.807, 2.05) is 31.2 Å². The van der Waals surface area contributed by atoms with Gasteiger partial charge in [0.1, 0.15) is 17.4 Å². The number of amides is 1. The Kier molecular flexibility index (Phi) is 7.69. The molecule has 0 saturated carbocycles. The number of nitrogens with one attached hydrogen (secondary N) is 1. The van der Waals surface area contributed by atoms with Gasteiger partial charge in [-0.1, -0.05) is 64.6 Å².